The molecule has 0 aliphatic rings. The molecule has 0 saturated carbocycles. The van der Waals surface area contributed by atoms with Crippen LogP contribution in [0.3, 0.4) is 0 Å². The fourth-order valence-electron chi connectivity index (χ4n) is 2.59. The Kier molecular flexibility index (Phi) is 5.56. The molecule has 2 heterocycles. The first-order valence-electron chi connectivity index (χ1n) is 8.40. The van der Waals surface area contributed by atoms with Gasteiger partial charge in [-0.2, -0.15) is 10.2 Å². The van der Waals surface area contributed by atoms with Crippen LogP contribution in [-0.2, 0) is 11.3 Å². The van der Waals surface area contributed by atoms with Crippen molar-refractivity contribution in [1.29, 1.82) is 0 Å². The molecule has 1 amide bonds. The molecular weight excluding hydrogens is 370 g/mol. The molecule has 8 nitrogen and oxygen atoms in total. The Morgan fingerprint density at radius 3 is 2.56 bits per heavy atom. The largest absolute Gasteiger partial charge is 0.462 e. The lowest BCUT2D eigenvalue weighted by molar-refractivity contribution is 0.0527. The monoisotopic (exact) mass is 387 g/mol. The van der Waals surface area contributed by atoms with Crippen LogP contribution in [0.1, 0.15) is 34.7 Å². The summed E-state index contributed by atoms with van der Waals surface area (Å²) in [5, 5.41) is 11.2. The van der Waals surface area contributed by atoms with Crippen LogP contribution in [0.2, 0.25) is 5.02 Å². The lowest BCUT2D eigenvalue weighted by Gasteiger charge is -2.12. The number of aromatic nitrogens is 4. The average Bonchev–Trinajstić information content (AvgIpc) is 3.26. The van der Waals surface area contributed by atoms with Crippen LogP contribution in [-0.4, -0.2) is 38.0 Å². The van der Waals surface area contributed by atoms with Crippen LogP contribution in [0, 0.1) is 0 Å². The number of hydrogen-bond donors (Lipinski definition) is 1. The predicted molar refractivity (Wildman–Crippen MR) is 100 cm³/mol. The molecule has 0 spiro atoms. The summed E-state index contributed by atoms with van der Waals surface area (Å²) in [5.74, 6) is -0.878. The first-order chi connectivity index (χ1) is 13.1. The van der Waals surface area contributed by atoms with Crippen molar-refractivity contribution < 1.29 is 14.3 Å². The van der Waals surface area contributed by atoms with Crippen LogP contribution in [0.15, 0.2) is 42.7 Å². The summed E-state index contributed by atoms with van der Waals surface area (Å²) in [5.41, 5.74) is 1.03. The van der Waals surface area contributed by atoms with Crippen LogP contribution in [0.5, 0.6) is 0 Å². The maximum atomic E-state index is 12.8. The fourth-order valence-corrected chi connectivity index (χ4v) is 2.81. The highest BCUT2D eigenvalue weighted by Crippen LogP contribution is 2.23. The van der Waals surface area contributed by atoms with Crippen LogP contribution in [0.4, 0.5) is 5.82 Å². The van der Waals surface area contributed by atoms with E-state index in [0.717, 1.165) is 0 Å². The van der Waals surface area contributed by atoms with E-state index in [1.165, 1.54) is 21.8 Å². The van der Waals surface area contributed by atoms with Crippen molar-refractivity contribution >= 4 is 29.3 Å². The number of hydrogen-bond acceptors (Lipinski definition) is 5. The van der Waals surface area contributed by atoms with Gasteiger partial charge in [0.2, 0.25) is 0 Å². The normalized spacial score (nSPS) is 10.6. The second-order valence-corrected chi connectivity index (χ2v) is 5.89. The fraction of sp³-hybridized carbons (Fsp3) is 0.222. The van der Waals surface area contributed by atoms with E-state index in [-0.39, 0.29) is 28.7 Å². The number of nitrogens with zero attached hydrogens (tertiary/aromatic N) is 4. The Balaban J connectivity index is 2.04. The highest BCUT2D eigenvalue weighted by molar-refractivity contribution is 6.34. The molecule has 140 valence electrons. The van der Waals surface area contributed by atoms with Crippen molar-refractivity contribution in [3.63, 3.8) is 0 Å². The summed E-state index contributed by atoms with van der Waals surface area (Å²) in [7, 11) is 0. The number of nitrogens with one attached hydrogen (secondary N) is 1. The molecule has 3 aromatic rings. The van der Waals surface area contributed by atoms with E-state index in [0.29, 0.717) is 12.2 Å². The predicted octanol–water partition coefficient (Wildman–Crippen LogP) is 3.17. The molecule has 1 aromatic carbocycles. The Morgan fingerprint density at radius 2 is 1.89 bits per heavy atom. The summed E-state index contributed by atoms with van der Waals surface area (Å²) >= 11 is 6.11. The van der Waals surface area contributed by atoms with Gasteiger partial charge in [0.15, 0.2) is 5.82 Å². The van der Waals surface area contributed by atoms with Crippen molar-refractivity contribution in [1.82, 2.24) is 19.6 Å². The number of esters is 1. The summed E-state index contributed by atoms with van der Waals surface area (Å²) < 4.78 is 8.01. The number of rotatable bonds is 6. The molecule has 0 radical (unpaired) electrons. The number of halogens is 1. The number of amides is 1. The maximum Gasteiger partial charge on any atom is 0.343 e. The van der Waals surface area contributed by atoms with Gasteiger partial charge in [-0.15, -0.1) is 0 Å². The number of anilines is 1. The van der Waals surface area contributed by atoms with Crippen LogP contribution >= 0.6 is 11.6 Å². The molecule has 0 bridgehead atoms. The van der Waals surface area contributed by atoms with Crippen molar-refractivity contribution in [2.75, 3.05) is 11.9 Å². The standard InChI is InChI=1S/C18H18ClN5O3/c1-3-23-15(14(19)11-20-23)17(25)22-16-13(18(26)27-4-2)10-21-24(16)12-8-6-5-7-9-12/h5-11H,3-4H2,1-2H3,(H,22,25). The Labute approximate surface area is 160 Å². The van der Waals surface area contributed by atoms with Gasteiger partial charge in [-0.05, 0) is 26.0 Å². The Hall–Kier alpha value is -3.13. The number of carbonyl (C=O) groups is 2. The second-order valence-electron chi connectivity index (χ2n) is 5.49. The minimum Gasteiger partial charge on any atom is -0.462 e. The average molecular weight is 388 g/mol. The number of benzene rings is 1. The van der Waals surface area contributed by atoms with Gasteiger partial charge in [-0.25, -0.2) is 9.48 Å². The highest BCUT2D eigenvalue weighted by Gasteiger charge is 2.24. The number of para-hydroxylation sites is 1. The maximum absolute atomic E-state index is 12.8. The van der Waals surface area contributed by atoms with Gasteiger partial charge in [0, 0.05) is 6.54 Å². The highest BCUT2D eigenvalue weighted by atomic mass is 35.5. The van der Waals surface area contributed by atoms with E-state index in [9.17, 15) is 9.59 Å². The molecular formula is C18H18ClN5O3. The summed E-state index contributed by atoms with van der Waals surface area (Å²) in [4.78, 5) is 25.1. The van der Waals surface area contributed by atoms with Crippen LogP contribution < -0.4 is 5.32 Å². The lowest BCUT2D eigenvalue weighted by atomic mass is 10.3. The van der Waals surface area contributed by atoms with E-state index in [1.807, 2.05) is 25.1 Å². The third-order valence-electron chi connectivity index (χ3n) is 3.81. The lowest BCUT2D eigenvalue weighted by Crippen LogP contribution is -2.21. The minimum absolute atomic E-state index is 0.146. The summed E-state index contributed by atoms with van der Waals surface area (Å²) in [6, 6.07) is 9.13. The minimum atomic E-state index is -0.579. The zero-order valence-corrected chi connectivity index (χ0v) is 15.6. The quantitative estimate of drug-likeness (QED) is 0.656. The molecule has 9 heteroatoms. The molecule has 0 aliphatic heterocycles. The molecule has 0 atom stereocenters. The van der Waals surface area contributed by atoms with E-state index in [1.54, 1.807) is 19.1 Å². The van der Waals surface area contributed by atoms with E-state index in [2.05, 4.69) is 15.5 Å². The van der Waals surface area contributed by atoms with Gasteiger partial charge in [0.25, 0.3) is 5.91 Å². The first-order valence-corrected chi connectivity index (χ1v) is 8.77. The third-order valence-corrected chi connectivity index (χ3v) is 4.08. The summed E-state index contributed by atoms with van der Waals surface area (Å²) in [6.07, 6.45) is 2.76. The molecule has 0 unspecified atom stereocenters. The topological polar surface area (TPSA) is 91.0 Å². The zero-order valence-electron chi connectivity index (χ0n) is 14.8. The Morgan fingerprint density at radius 1 is 1.15 bits per heavy atom. The molecule has 27 heavy (non-hydrogen) atoms. The van der Waals surface area contributed by atoms with Gasteiger partial charge >= 0.3 is 5.97 Å². The number of carbonyl (C=O) groups excluding carboxylic acids is 2. The second kappa shape index (κ2) is 8.05. The summed E-state index contributed by atoms with van der Waals surface area (Å²) in [6.45, 7) is 4.23. The van der Waals surface area contributed by atoms with Gasteiger partial charge in [-0.1, -0.05) is 29.8 Å². The van der Waals surface area contributed by atoms with Gasteiger partial charge in [0.1, 0.15) is 11.3 Å². The molecule has 0 fully saturated rings. The smallest absolute Gasteiger partial charge is 0.343 e. The Bertz CT molecular complexity index is 965. The van der Waals surface area contributed by atoms with Crippen molar-refractivity contribution in [3.8, 4) is 5.69 Å². The van der Waals surface area contributed by atoms with E-state index >= 15 is 0 Å². The number of ether oxygens (including phenoxy) is 1. The van der Waals surface area contributed by atoms with E-state index in [4.69, 9.17) is 16.3 Å². The third kappa shape index (κ3) is 3.70. The van der Waals surface area contributed by atoms with Gasteiger partial charge in [0.05, 0.1) is 29.7 Å². The van der Waals surface area contributed by atoms with Crippen LogP contribution in [0.25, 0.3) is 5.69 Å². The van der Waals surface area contributed by atoms with Crippen molar-refractivity contribution in [3.05, 3.63) is 59.0 Å². The van der Waals surface area contributed by atoms with Gasteiger partial charge in [-0.3, -0.25) is 9.48 Å². The molecule has 0 saturated heterocycles. The van der Waals surface area contributed by atoms with E-state index < -0.39 is 11.9 Å². The SMILES string of the molecule is CCOC(=O)c1cnn(-c2ccccc2)c1NC(=O)c1c(Cl)cnn1CC. The molecule has 1 N–H and O–H groups in total. The molecule has 3 rings (SSSR count). The van der Waals surface area contributed by atoms with Crippen molar-refractivity contribution in [2.45, 2.75) is 20.4 Å². The van der Waals surface area contributed by atoms with Crippen molar-refractivity contribution in [2.24, 2.45) is 0 Å². The first kappa shape index (κ1) is 18.7. The molecule has 2 aromatic heterocycles. The zero-order chi connectivity index (χ0) is 19.4. The van der Waals surface area contributed by atoms with Gasteiger partial charge < -0.3 is 10.1 Å². The number of aryl methyl sites for hydroxylation is 1. The molecule has 0 aliphatic carbocycles.